The maximum atomic E-state index is 12.5. The summed E-state index contributed by atoms with van der Waals surface area (Å²) in [4.78, 5) is 16.9. The molecule has 218 valence electrons. The molecule has 1 aliphatic carbocycles. The zero-order chi connectivity index (χ0) is 30.2. The highest BCUT2D eigenvalue weighted by Crippen LogP contribution is 2.35. The molecule has 4 aromatic rings. The SMILES string of the molecule is C=C/C=C\C(=C)C.CC.CC.Cn1cc(CCC(=O)NC2CC(n3cncc3-c3ccccc3)C2)c2ccccc21. The summed E-state index contributed by atoms with van der Waals surface area (Å²) in [5.41, 5.74) is 5.82. The van der Waals surface area contributed by atoms with E-state index in [0.717, 1.165) is 30.5 Å². The van der Waals surface area contributed by atoms with Crippen molar-refractivity contribution in [2.45, 2.75) is 72.4 Å². The van der Waals surface area contributed by atoms with Crippen LogP contribution < -0.4 is 5.32 Å². The number of carbonyl (C=O) groups excluding carboxylic acids is 1. The van der Waals surface area contributed by atoms with Crippen LogP contribution in [0, 0.1) is 0 Å². The Morgan fingerprint density at radius 2 is 1.71 bits per heavy atom. The zero-order valence-electron chi connectivity index (χ0n) is 25.8. The van der Waals surface area contributed by atoms with Gasteiger partial charge in [-0.05, 0) is 43.4 Å². The van der Waals surface area contributed by atoms with Crippen LogP contribution in [0.2, 0.25) is 0 Å². The number of aryl methyl sites for hydroxylation is 2. The number of nitrogens with zero attached hydrogens (tertiary/aromatic N) is 3. The lowest BCUT2D eigenvalue weighted by Gasteiger charge is -2.37. The normalized spacial score (nSPS) is 15.3. The molecule has 5 rings (SSSR count). The Morgan fingerprint density at radius 3 is 2.34 bits per heavy atom. The molecule has 41 heavy (non-hydrogen) atoms. The van der Waals surface area contributed by atoms with Gasteiger partial charge in [-0.25, -0.2) is 4.98 Å². The smallest absolute Gasteiger partial charge is 0.220 e. The second-order valence-corrected chi connectivity index (χ2v) is 9.67. The lowest BCUT2D eigenvalue weighted by Crippen LogP contribution is -2.45. The molecule has 5 nitrogen and oxygen atoms in total. The molecule has 1 fully saturated rings. The summed E-state index contributed by atoms with van der Waals surface area (Å²) in [5, 5.41) is 4.45. The third-order valence-electron chi connectivity index (χ3n) is 6.73. The topological polar surface area (TPSA) is 51.9 Å². The Balaban J connectivity index is 0.000000465. The molecule has 0 aliphatic heterocycles. The molecule has 2 aromatic heterocycles. The summed E-state index contributed by atoms with van der Waals surface area (Å²) in [6, 6.07) is 19.3. The van der Waals surface area contributed by atoms with Gasteiger partial charge in [-0.3, -0.25) is 4.79 Å². The average Bonchev–Trinajstić information content (AvgIpc) is 3.60. The summed E-state index contributed by atoms with van der Waals surface area (Å²) >= 11 is 0. The van der Waals surface area contributed by atoms with E-state index in [9.17, 15) is 4.79 Å². The van der Waals surface area contributed by atoms with E-state index in [4.69, 9.17) is 0 Å². The number of para-hydroxylation sites is 1. The molecule has 0 bridgehead atoms. The van der Waals surface area contributed by atoms with Crippen LogP contribution in [0.1, 0.15) is 65.5 Å². The molecule has 1 aliphatic rings. The molecule has 1 amide bonds. The summed E-state index contributed by atoms with van der Waals surface area (Å²) in [7, 11) is 2.06. The number of hydrogen-bond donors (Lipinski definition) is 1. The second kappa shape index (κ2) is 17.5. The van der Waals surface area contributed by atoms with Crippen molar-refractivity contribution in [3.8, 4) is 11.3 Å². The number of nitrogens with one attached hydrogen (secondary N) is 1. The number of aromatic nitrogens is 3. The average molecular weight is 553 g/mol. The van der Waals surface area contributed by atoms with Gasteiger partial charge in [-0.15, -0.1) is 0 Å². The van der Waals surface area contributed by atoms with Crippen molar-refractivity contribution < 1.29 is 4.79 Å². The number of allylic oxidation sites excluding steroid dienone is 4. The number of benzene rings is 2. The molecule has 0 unspecified atom stereocenters. The van der Waals surface area contributed by atoms with E-state index in [-0.39, 0.29) is 11.9 Å². The van der Waals surface area contributed by atoms with E-state index < -0.39 is 0 Å². The van der Waals surface area contributed by atoms with Crippen LogP contribution in [0.4, 0.5) is 0 Å². The van der Waals surface area contributed by atoms with Gasteiger partial charge in [0.25, 0.3) is 0 Å². The minimum atomic E-state index is 0.139. The van der Waals surface area contributed by atoms with E-state index in [0.29, 0.717) is 12.5 Å². The molecule has 5 heteroatoms. The monoisotopic (exact) mass is 552 g/mol. The van der Waals surface area contributed by atoms with Crippen LogP contribution in [-0.2, 0) is 18.3 Å². The Kier molecular flexibility index (Phi) is 14.2. The highest BCUT2D eigenvalue weighted by atomic mass is 16.1. The summed E-state index contributed by atoms with van der Waals surface area (Å²) in [5.74, 6) is 0.139. The third kappa shape index (κ3) is 9.49. The number of carbonyl (C=O) groups is 1. The van der Waals surface area contributed by atoms with Crippen molar-refractivity contribution in [1.29, 1.82) is 0 Å². The molecule has 0 radical (unpaired) electrons. The number of amides is 1. The molecule has 0 spiro atoms. The van der Waals surface area contributed by atoms with Crippen molar-refractivity contribution in [3.05, 3.63) is 116 Å². The van der Waals surface area contributed by atoms with E-state index in [1.54, 1.807) is 6.08 Å². The Bertz CT molecular complexity index is 1390. The molecule has 2 aromatic carbocycles. The fraction of sp³-hybridized carbons (Fsp3) is 0.333. The Morgan fingerprint density at radius 1 is 1.05 bits per heavy atom. The lowest BCUT2D eigenvalue weighted by molar-refractivity contribution is -0.122. The summed E-state index contributed by atoms with van der Waals surface area (Å²) in [6.07, 6.45) is 14.7. The largest absolute Gasteiger partial charge is 0.353 e. The van der Waals surface area contributed by atoms with E-state index >= 15 is 0 Å². The number of fused-ring (bicyclic) bond motifs is 1. The van der Waals surface area contributed by atoms with Crippen molar-refractivity contribution in [2.24, 2.45) is 7.05 Å². The standard InChI is InChI=1S/C25H26N4O.C7H10.2C2H6/c1-28-16-19(22-9-5-6-10-23(22)28)11-12-25(30)27-20-13-21(14-20)29-17-26-15-24(29)18-7-3-2-4-8-18;1-4-5-6-7(2)3;2*1-2/h2-10,15-17,20-21H,11-14H2,1H3,(H,27,30);4-6H,1-2H2,3H3;2*1-2H3/b;6-5-;;. The maximum absolute atomic E-state index is 12.5. The van der Waals surface area contributed by atoms with Gasteiger partial charge in [-0.1, -0.05) is 113 Å². The Hall–Kier alpha value is -4.12. The first kappa shape index (κ1) is 33.1. The Labute approximate surface area is 247 Å². The molecule has 1 N–H and O–H groups in total. The minimum Gasteiger partial charge on any atom is -0.353 e. The zero-order valence-corrected chi connectivity index (χ0v) is 25.8. The van der Waals surface area contributed by atoms with E-state index in [1.165, 1.54) is 22.0 Å². The fourth-order valence-electron chi connectivity index (χ4n) is 4.77. The van der Waals surface area contributed by atoms with Crippen LogP contribution in [0.3, 0.4) is 0 Å². The fourth-order valence-corrected chi connectivity index (χ4v) is 4.77. The first-order valence-corrected chi connectivity index (χ1v) is 14.8. The first-order chi connectivity index (χ1) is 20.0. The second-order valence-electron chi connectivity index (χ2n) is 9.67. The van der Waals surface area contributed by atoms with Crippen LogP contribution in [0.5, 0.6) is 0 Å². The quantitative estimate of drug-likeness (QED) is 0.222. The number of hydrogen-bond acceptors (Lipinski definition) is 2. The van der Waals surface area contributed by atoms with Crippen LogP contribution in [-0.4, -0.2) is 26.1 Å². The maximum Gasteiger partial charge on any atom is 0.220 e. The van der Waals surface area contributed by atoms with Gasteiger partial charge in [0.05, 0.1) is 18.2 Å². The minimum absolute atomic E-state index is 0.139. The molecule has 0 atom stereocenters. The van der Waals surface area contributed by atoms with Crippen molar-refractivity contribution in [2.75, 3.05) is 0 Å². The van der Waals surface area contributed by atoms with Crippen LogP contribution in [0.15, 0.2) is 110 Å². The lowest BCUT2D eigenvalue weighted by atomic mass is 9.86. The van der Waals surface area contributed by atoms with Gasteiger partial charge < -0.3 is 14.5 Å². The van der Waals surface area contributed by atoms with Gasteiger partial charge >= 0.3 is 0 Å². The molecular formula is C36H48N4O. The van der Waals surface area contributed by atoms with Gasteiger partial charge in [0, 0.05) is 42.7 Å². The predicted molar refractivity (Wildman–Crippen MR) is 176 cm³/mol. The van der Waals surface area contributed by atoms with Crippen molar-refractivity contribution >= 4 is 16.8 Å². The highest BCUT2D eigenvalue weighted by Gasteiger charge is 2.32. The first-order valence-electron chi connectivity index (χ1n) is 14.8. The van der Waals surface area contributed by atoms with Crippen LogP contribution in [0.25, 0.3) is 22.2 Å². The third-order valence-corrected chi connectivity index (χ3v) is 6.73. The summed E-state index contributed by atoms with van der Waals surface area (Å²) in [6.45, 7) is 17.1. The van der Waals surface area contributed by atoms with E-state index in [2.05, 4.69) is 82.2 Å². The molecule has 1 saturated carbocycles. The van der Waals surface area contributed by atoms with E-state index in [1.807, 2.05) is 77.5 Å². The molecule has 0 saturated heterocycles. The van der Waals surface area contributed by atoms with Crippen LogP contribution >= 0.6 is 0 Å². The van der Waals surface area contributed by atoms with Crippen molar-refractivity contribution in [3.63, 3.8) is 0 Å². The van der Waals surface area contributed by atoms with Gasteiger partial charge in [0.1, 0.15) is 0 Å². The number of rotatable bonds is 8. The highest BCUT2D eigenvalue weighted by molar-refractivity contribution is 5.85. The van der Waals surface area contributed by atoms with Gasteiger partial charge in [0.15, 0.2) is 0 Å². The van der Waals surface area contributed by atoms with Gasteiger partial charge in [-0.2, -0.15) is 0 Å². The van der Waals surface area contributed by atoms with Gasteiger partial charge in [0.2, 0.25) is 5.91 Å². The van der Waals surface area contributed by atoms with Crippen molar-refractivity contribution in [1.82, 2.24) is 19.4 Å². The number of imidazole rings is 1. The molecule has 2 heterocycles. The predicted octanol–water partition coefficient (Wildman–Crippen LogP) is 8.85. The molecular weight excluding hydrogens is 504 g/mol. The summed E-state index contributed by atoms with van der Waals surface area (Å²) < 4.78 is 4.38.